The molecule has 2 saturated heterocycles. The van der Waals surface area contributed by atoms with Gasteiger partial charge in [0.2, 0.25) is 5.91 Å². The Hall–Kier alpha value is -0.610. The number of nitrogens with zero attached hydrogens (tertiary/aromatic N) is 1. The van der Waals surface area contributed by atoms with Crippen molar-refractivity contribution in [1.29, 1.82) is 0 Å². The molecule has 2 heterocycles. The second-order valence-electron chi connectivity index (χ2n) is 7.22. The van der Waals surface area contributed by atoms with Crippen LogP contribution >= 0.6 is 0 Å². The van der Waals surface area contributed by atoms with Crippen LogP contribution in [0.5, 0.6) is 0 Å². The number of likely N-dealkylation sites (tertiary alicyclic amines) is 1. The average molecular weight is 282 g/mol. The van der Waals surface area contributed by atoms with Crippen LogP contribution in [0.3, 0.4) is 0 Å². The maximum absolute atomic E-state index is 12.3. The molecule has 0 spiro atoms. The lowest BCUT2D eigenvalue weighted by molar-refractivity contribution is -0.128. The van der Waals surface area contributed by atoms with E-state index in [-0.39, 0.29) is 24.0 Å². The third-order valence-electron chi connectivity index (χ3n) is 4.28. The summed E-state index contributed by atoms with van der Waals surface area (Å²) in [6.45, 7) is 12.6. The summed E-state index contributed by atoms with van der Waals surface area (Å²) in [4.78, 5) is 14.7. The van der Waals surface area contributed by atoms with Crippen molar-refractivity contribution in [2.24, 2.45) is 17.8 Å². The monoisotopic (exact) mass is 282 g/mol. The van der Waals surface area contributed by atoms with Gasteiger partial charge in [0, 0.05) is 19.6 Å². The van der Waals surface area contributed by atoms with Gasteiger partial charge in [-0.15, -0.1) is 0 Å². The van der Waals surface area contributed by atoms with Gasteiger partial charge in [-0.25, -0.2) is 0 Å². The molecular weight excluding hydrogens is 252 g/mol. The maximum atomic E-state index is 12.3. The van der Waals surface area contributed by atoms with E-state index < -0.39 is 0 Å². The molecule has 20 heavy (non-hydrogen) atoms. The van der Waals surface area contributed by atoms with Crippen LogP contribution in [0.4, 0.5) is 0 Å². The third kappa shape index (κ3) is 4.19. The molecule has 2 aliphatic heterocycles. The number of morpholine rings is 1. The molecule has 0 saturated carbocycles. The Morgan fingerprint density at radius 3 is 2.65 bits per heavy atom. The summed E-state index contributed by atoms with van der Waals surface area (Å²) in [5.41, 5.74) is 0. The molecule has 116 valence electrons. The van der Waals surface area contributed by atoms with Crippen LogP contribution in [0.25, 0.3) is 0 Å². The van der Waals surface area contributed by atoms with Crippen LogP contribution in [0.15, 0.2) is 0 Å². The second-order valence-corrected chi connectivity index (χ2v) is 7.22. The Kier molecular flexibility index (Phi) is 5.44. The van der Waals surface area contributed by atoms with Gasteiger partial charge in [0.05, 0.1) is 18.1 Å². The molecule has 0 aromatic carbocycles. The largest absolute Gasteiger partial charge is 0.371 e. The number of fused-ring (bicyclic) bond motifs is 2. The first-order chi connectivity index (χ1) is 9.45. The van der Waals surface area contributed by atoms with Crippen LogP contribution in [0.1, 0.15) is 40.5 Å². The number of nitrogens with one attached hydrogen (secondary N) is 1. The molecule has 1 amide bonds. The highest BCUT2D eigenvalue weighted by Crippen LogP contribution is 2.32. The van der Waals surface area contributed by atoms with Crippen molar-refractivity contribution in [3.05, 3.63) is 0 Å². The fourth-order valence-corrected chi connectivity index (χ4v) is 3.07. The minimum Gasteiger partial charge on any atom is -0.371 e. The second kappa shape index (κ2) is 6.90. The van der Waals surface area contributed by atoms with Gasteiger partial charge in [-0.2, -0.15) is 0 Å². The summed E-state index contributed by atoms with van der Waals surface area (Å²) in [5.74, 6) is 1.49. The highest BCUT2D eigenvalue weighted by molar-refractivity contribution is 5.79. The van der Waals surface area contributed by atoms with E-state index in [0.29, 0.717) is 5.92 Å². The summed E-state index contributed by atoms with van der Waals surface area (Å²) in [6.07, 6.45) is 2.49. The van der Waals surface area contributed by atoms with Crippen molar-refractivity contribution < 1.29 is 9.53 Å². The maximum Gasteiger partial charge on any atom is 0.225 e. The van der Waals surface area contributed by atoms with Crippen molar-refractivity contribution in [1.82, 2.24) is 10.2 Å². The molecule has 2 aliphatic rings. The number of carbonyl (C=O) groups is 1. The van der Waals surface area contributed by atoms with Gasteiger partial charge < -0.3 is 10.1 Å². The van der Waals surface area contributed by atoms with Crippen molar-refractivity contribution in [2.75, 3.05) is 26.2 Å². The molecule has 0 radical (unpaired) electrons. The Morgan fingerprint density at radius 2 is 2.00 bits per heavy atom. The van der Waals surface area contributed by atoms with Crippen LogP contribution in [0, 0.1) is 17.8 Å². The summed E-state index contributed by atoms with van der Waals surface area (Å²) >= 11 is 0. The predicted molar refractivity (Wildman–Crippen MR) is 80.5 cm³/mol. The highest BCUT2D eigenvalue weighted by atomic mass is 16.5. The summed E-state index contributed by atoms with van der Waals surface area (Å²) in [6, 6.07) is 0. The zero-order chi connectivity index (χ0) is 14.7. The first-order valence-electron chi connectivity index (χ1n) is 8.11. The minimum absolute atomic E-state index is 0.0581. The van der Waals surface area contributed by atoms with Crippen LogP contribution < -0.4 is 5.32 Å². The molecule has 4 heteroatoms. The molecule has 2 fully saturated rings. The van der Waals surface area contributed by atoms with E-state index >= 15 is 0 Å². The Bertz CT molecular complexity index is 330. The van der Waals surface area contributed by atoms with E-state index in [2.05, 4.69) is 37.9 Å². The Labute approximate surface area is 123 Å². The van der Waals surface area contributed by atoms with Crippen molar-refractivity contribution in [3.8, 4) is 0 Å². The number of ether oxygens (including phenoxy) is 1. The third-order valence-corrected chi connectivity index (χ3v) is 4.28. The smallest absolute Gasteiger partial charge is 0.225 e. The number of hydrogen-bond acceptors (Lipinski definition) is 3. The van der Waals surface area contributed by atoms with Crippen LogP contribution in [-0.4, -0.2) is 49.2 Å². The fourth-order valence-electron chi connectivity index (χ4n) is 3.07. The van der Waals surface area contributed by atoms with Crippen LogP contribution in [-0.2, 0) is 9.53 Å². The van der Waals surface area contributed by atoms with E-state index in [1.165, 1.54) is 6.42 Å². The lowest BCUT2D eigenvalue weighted by Crippen LogP contribution is -2.46. The lowest BCUT2D eigenvalue weighted by Gasteiger charge is -2.33. The van der Waals surface area contributed by atoms with Crippen LogP contribution in [0.2, 0.25) is 0 Å². The number of amides is 1. The zero-order valence-corrected chi connectivity index (χ0v) is 13.4. The Morgan fingerprint density at radius 1 is 1.25 bits per heavy atom. The molecule has 0 aromatic heterocycles. The molecule has 0 aliphatic carbocycles. The first kappa shape index (κ1) is 15.8. The summed E-state index contributed by atoms with van der Waals surface area (Å²) < 4.78 is 5.97. The standard InChI is InChI=1S/C16H30N2O2/c1-11(2)5-6-18-9-13-7-14(15(10-18)20-13)16(19)17-8-12(3)4/h11-15H,5-10H2,1-4H3,(H,17,19)/t13-,14+,15-/m0/s1. The molecule has 1 N–H and O–H groups in total. The normalized spacial score (nSPS) is 30.2. The quantitative estimate of drug-likeness (QED) is 0.809. The number of carbonyl (C=O) groups excluding carboxylic acids is 1. The number of rotatable bonds is 6. The van der Waals surface area contributed by atoms with Crippen molar-refractivity contribution in [3.63, 3.8) is 0 Å². The molecule has 4 nitrogen and oxygen atoms in total. The molecule has 3 atom stereocenters. The fraction of sp³-hybridized carbons (Fsp3) is 0.938. The van der Waals surface area contributed by atoms with Gasteiger partial charge in [0.15, 0.2) is 0 Å². The zero-order valence-electron chi connectivity index (χ0n) is 13.4. The van der Waals surface area contributed by atoms with E-state index in [4.69, 9.17) is 4.74 Å². The van der Waals surface area contributed by atoms with Gasteiger partial charge in [0.1, 0.15) is 0 Å². The topological polar surface area (TPSA) is 41.6 Å². The predicted octanol–water partition coefficient (Wildman–Crippen LogP) is 1.89. The van der Waals surface area contributed by atoms with Crippen molar-refractivity contribution >= 4 is 5.91 Å². The molecule has 2 rings (SSSR count). The molecule has 0 aromatic rings. The van der Waals surface area contributed by atoms with Gasteiger partial charge in [-0.05, 0) is 31.2 Å². The molecular formula is C16H30N2O2. The van der Waals surface area contributed by atoms with Crippen molar-refractivity contribution in [2.45, 2.75) is 52.7 Å². The van der Waals surface area contributed by atoms with E-state index in [1.54, 1.807) is 0 Å². The highest BCUT2D eigenvalue weighted by Gasteiger charge is 2.44. The minimum atomic E-state index is 0.0581. The molecule has 0 unspecified atom stereocenters. The SMILES string of the molecule is CC(C)CCN1C[C@@H]2C[C@@H](C(=O)NCC(C)C)[C@H](C1)O2. The Balaban J connectivity index is 1.82. The number of hydrogen-bond donors (Lipinski definition) is 1. The molecule has 2 bridgehead atoms. The first-order valence-corrected chi connectivity index (χ1v) is 8.11. The van der Waals surface area contributed by atoms with E-state index in [9.17, 15) is 4.79 Å². The lowest BCUT2D eigenvalue weighted by atomic mass is 9.99. The average Bonchev–Trinajstić information content (AvgIpc) is 2.68. The van der Waals surface area contributed by atoms with E-state index in [1.807, 2.05) is 0 Å². The van der Waals surface area contributed by atoms with Gasteiger partial charge in [-0.3, -0.25) is 9.69 Å². The van der Waals surface area contributed by atoms with Gasteiger partial charge in [0.25, 0.3) is 0 Å². The van der Waals surface area contributed by atoms with Gasteiger partial charge >= 0.3 is 0 Å². The van der Waals surface area contributed by atoms with E-state index in [0.717, 1.165) is 38.5 Å². The summed E-state index contributed by atoms with van der Waals surface area (Å²) in [7, 11) is 0. The van der Waals surface area contributed by atoms with Gasteiger partial charge in [-0.1, -0.05) is 27.7 Å². The summed E-state index contributed by atoms with van der Waals surface area (Å²) in [5, 5.41) is 3.06.